The van der Waals surface area contributed by atoms with Crippen molar-refractivity contribution in [1.29, 1.82) is 0 Å². The molecule has 0 spiro atoms. The summed E-state index contributed by atoms with van der Waals surface area (Å²) in [6.45, 7) is 1.48. The predicted octanol–water partition coefficient (Wildman–Crippen LogP) is 2.22. The molecule has 1 heterocycles. The lowest BCUT2D eigenvalue weighted by Gasteiger charge is -2.08. The first-order valence-electron chi connectivity index (χ1n) is 6.39. The highest BCUT2D eigenvalue weighted by Crippen LogP contribution is 2.14. The van der Waals surface area contributed by atoms with E-state index in [1.807, 2.05) is 10.8 Å². The Balaban J connectivity index is 1.79. The number of halogens is 3. The smallest absolute Gasteiger partial charge is 0.372 e. The molecule has 110 valence electrons. The molecular weight excluding hydrogens is 259 g/mol. The molecule has 0 fully saturated rings. The summed E-state index contributed by atoms with van der Waals surface area (Å²) in [7, 11) is 0. The molecule has 0 aliphatic rings. The third-order valence-corrected chi connectivity index (χ3v) is 2.49. The summed E-state index contributed by atoms with van der Waals surface area (Å²) in [4.78, 5) is 3.95. The van der Waals surface area contributed by atoms with E-state index in [-0.39, 0.29) is 6.61 Å². The van der Waals surface area contributed by atoms with Crippen molar-refractivity contribution in [3.8, 4) is 0 Å². The Bertz CT molecular complexity index is 315. The van der Waals surface area contributed by atoms with Crippen molar-refractivity contribution in [1.82, 2.24) is 14.9 Å². The number of unbranched alkanes of at least 4 members (excludes halogenated alkanes) is 1. The van der Waals surface area contributed by atoms with Gasteiger partial charge in [0.15, 0.2) is 0 Å². The fraction of sp³-hybridized carbons (Fsp3) is 0.750. The van der Waals surface area contributed by atoms with E-state index < -0.39 is 12.8 Å². The number of imidazole rings is 1. The van der Waals surface area contributed by atoms with Gasteiger partial charge in [-0.3, -0.25) is 0 Å². The molecule has 0 amide bonds. The number of hydrogen-bond donors (Lipinski definition) is 1. The third-order valence-electron chi connectivity index (χ3n) is 2.49. The van der Waals surface area contributed by atoms with Crippen LogP contribution in [0.3, 0.4) is 0 Å². The number of nitrogens with one attached hydrogen (secondary N) is 1. The highest BCUT2D eigenvalue weighted by molar-refractivity contribution is 4.73. The molecule has 1 aromatic heterocycles. The van der Waals surface area contributed by atoms with Crippen LogP contribution in [0.25, 0.3) is 0 Å². The van der Waals surface area contributed by atoms with Crippen LogP contribution in [0.4, 0.5) is 13.2 Å². The Labute approximate surface area is 111 Å². The first-order chi connectivity index (χ1) is 9.08. The van der Waals surface area contributed by atoms with Crippen LogP contribution in [0.1, 0.15) is 19.3 Å². The number of hydrogen-bond acceptors (Lipinski definition) is 3. The van der Waals surface area contributed by atoms with Crippen molar-refractivity contribution >= 4 is 0 Å². The van der Waals surface area contributed by atoms with Crippen LogP contribution in [0.15, 0.2) is 18.7 Å². The number of rotatable bonds is 10. The summed E-state index contributed by atoms with van der Waals surface area (Å²) in [6, 6.07) is 0. The topological polar surface area (TPSA) is 39.1 Å². The zero-order valence-electron chi connectivity index (χ0n) is 10.8. The normalized spacial score (nSPS) is 11.9. The molecule has 1 N–H and O–H groups in total. The van der Waals surface area contributed by atoms with Crippen molar-refractivity contribution in [3.05, 3.63) is 18.7 Å². The summed E-state index contributed by atoms with van der Waals surface area (Å²) in [5.41, 5.74) is 0. The number of ether oxygens (including phenoxy) is 1. The highest BCUT2D eigenvalue weighted by atomic mass is 19.4. The Kier molecular flexibility index (Phi) is 7.50. The average molecular weight is 279 g/mol. The van der Waals surface area contributed by atoms with Gasteiger partial charge < -0.3 is 14.6 Å². The van der Waals surface area contributed by atoms with Crippen LogP contribution in [0.5, 0.6) is 0 Å². The second kappa shape index (κ2) is 8.92. The van der Waals surface area contributed by atoms with Gasteiger partial charge in [-0.15, -0.1) is 0 Å². The second-order valence-corrected chi connectivity index (χ2v) is 4.28. The molecule has 0 aliphatic heterocycles. The molecule has 0 atom stereocenters. The number of aromatic nitrogens is 2. The summed E-state index contributed by atoms with van der Waals surface area (Å²) in [6.07, 6.45) is 3.91. The number of aryl methyl sites for hydroxylation is 1. The molecule has 1 aromatic rings. The van der Waals surface area contributed by atoms with E-state index in [2.05, 4.69) is 15.0 Å². The maximum atomic E-state index is 11.7. The molecule has 0 saturated carbocycles. The minimum Gasteiger partial charge on any atom is -0.372 e. The zero-order valence-corrected chi connectivity index (χ0v) is 10.8. The van der Waals surface area contributed by atoms with Crippen molar-refractivity contribution in [2.45, 2.75) is 32.0 Å². The summed E-state index contributed by atoms with van der Waals surface area (Å²) < 4.78 is 41.7. The van der Waals surface area contributed by atoms with E-state index in [4.69, 9.17) is 0 Å². The second-order valence-electron chi connectivity index (χ2n) is 4.28. The van der Waals surface area contributed by atoms with E-state index in [0.29, 0.717) is 13.0 Å². The molecule has 7 heteroatoms. The van der Waals surface area contributed by atoms with Crippen molar-refractivity contribution in [3.63, 3.8) is 0 Å². The lowest BCUT2D eigenvalue weighted by atomic mass is 10.3. The van der Waals surface area contributed by atoms with Gasteiger partial charge >= 0.3 is 6.18 Å². The maximum absolute atomic E-state index is 11.7. The van der Waals surface area contributed by atoms with Crippen molar-refractivity contribution in [2.24, 2.45) is 0 Å². The third kappa shape index (κ3) is 9.49. The van der Waals surface area contributed by atoms with Crippen LogP contribution >= 0.6 is 0 Å². The van der Waals surface area contributed by atoms with Gasteiger partial charge in [-0.2, -0.15) is 13.2 Å². The van der Waals surface area contributed by atoms with Crippen LogP contribution in [-0.4, -0.2) is 42.0 Å². The summed E-state index contributed by atoms with van der Waals surface area (Å²) in [5.74, 6) is 0. The molecule has 0 aromatic carbocycles. The van der Waals surface area contributed by atoms with Gasteiger partial charge in [-0.25, -0.2) is 4.98 Å². The van der Waals surface area contributed by atoms with Gasteiger partial charge in [-0.1, -0.05) is 0 Å². The Morgan fingerprint density at radius 1 is 1.16 bits per heavy atom. The van der Waals surface area contributed by atoms with E-state index in [1.165, 1.54) is 0 Å². The van der Waals surface area contributed by atoms with Crippen LogP contribution in [-0.2, 0) is 11.3 Å². The summed E-state index contributed by atoms with van der Waals surface area (Å²) in [5, 5.41) is 3.18. The minimum absolute atomic E-state index is 0.140. The Morgan fingerprint density at radius 3 is 2.63 bits per heavy atom. The molecule has 19 heavy (non-hydrogen) atoms. The van der Waals surface area contributed by atoms with E-state index in [9.17, 15) is 13.2 Å². The van der Waals surface area contributed by atoms with Gasteiger partial charge in [0.1, 0.15) is 6.61 Å². The Morgan fingerprint density at radius 2 is 1.95 bits per heavy atom. The van der Waals surface area contributed by atoms with Gasteiger partial charge in [0.05, 0.1) is 6.33 Å². The number of nitrogens with zero attached hydrogens (tertiary/aromatic N) is 2. The van der Waals surface area contributed by atoms with Gasteiger partial charge in [0, 0.05) is 25.5 Å². The van der Waals surface area contributed by atoms with Crippen LogP contribution in [0.2, 0.25) is 0 Å². The largest absolute Gasteiger partial charge is 0.411 e. The van der Waals surface area contributed by atoms with Crippen molar-refractivity contribution < 1.29 is 17.9 Å². The van der Waals surface area contributed by atoms with Gasteiger partial charge in [-0.05, 0) is 32.4 Å². The first-order valence-corrected chi connectivity index (χ1v) is 6.39. The highest BCUT2D eigenvalue weighted by Gasteiger charge is 2.27. The lowest BCUT2D eigenvalue weighted by Crippen LogP contribution is -2.21. The fourth-order valence-electron chi connectivity index (χ4n) is 1.58. The fourth-order valence-corrected chi connectivity index (χ4v) is 1.58. The standard InChI is InChI=1S/C12H20F3N3O/c13-12(14,15)10-19-9-3-5-16-4-1-2-7-18-8-6-17-11-18/h6,8,11,16H,1-5,7,9-10H2. The molecule has 4 nitrogen and oxygen atoms in total. The molecule has 1 rings (SSSR count). The number of alkyl halides is 3. The SMILES string of the molecule is FC(F)(F)COCCCNCCCCn1ccnc1. The van der Waals surface area contributed by atoms with Crippen LogP contribution < -0.4 is 5.32 Å². The molecular formula is C12H20F3N3O. The molecule has 0 aliphatic carbocycles. The minimum atomic E-state index is -4.22. The van der Waals surface area contributed by atoms with Gasteiger partial charge in [0.25, 0.3) is 0 Å². The van der Waals surface area contributed by atoms with E-state index in [1.54, 1.807) is 12.5 Å². The van der Waals surface area contributed by atoms with Gasteiger partial charge in [0.2, 0.25) is 0 Å². The van der Waals surface area contributed by atoms with Crippen LogP contribution in [0, 0.1) is 0 Å². The van der Waals surface area contributed by atoms with E-state index >= 15 is 0 Å². The maximum Gasteiger partial charge on any atom is 0.411 e. The monoisotopic (exact) mass is 279 g/mol. The van der Waals surface area contributed by atoms with Crippen molar-refractivity contribution in [2.75, 3.05) is 26.3 Å². The van der Waals surface area contributed by atoms with E-state index in [0.717, 1.165) is 25.9 Å². The Hall–Kier alpha value is -1.08. The quantitative estimate of drug-likeness (QED) is 0.668. The molecule has 0 bridgehead atoms. The molecule has 0 unspecified atom stereocenters. The lowest BCUT2D eigenvalue weighted by molar-refractivity contribution is -0.173. The molecule has 0 radical (unpaired) electrons. The first kappa shape index (κ1) is 16.0. The molecule has 0 saturated heterocycles. The average Bonchev–Trinajstić information content (AvgIpc) is 2.83. The summed E-state index contributed by atoms with van der Waals surface area (Å²) >= 11 is 0. The predicted molar refractivity (Wildman–Crippen MR) is 65.8 cm³/mol. The zero-order chi connectivity index (χ0) is 14.0.